The number of ketones is 1. The van der Waals surface area contributed by atoms with Crippen LogP contribution in [-0.4, -0.2) is 44.9 Å². The van der Waals surface area contributed by atoms with E-state index in [1.54, 1.807) is 20.3 Å². The molecule has 1 aliphatic heterocycles. The lowest BCUT2D eigenvalue weighted by molar-refractivity contribution is -0.147. The van der Waals surface area contributed by atoms with Gasteiger partial charge in [-0.1, -0.05) is 34.1 Å². The number of esters is 1. The molecule has 2 aliphatic rings. The molecule has 0 N–H and O–H groups in total. The SMILES string of the molecule is COc1cc(Br)c([C@H]2C3=C(CCCC3=O)N=C(C)C2C(=O)OCCOc2ccccc2)cc1OC. The smallest absolute Gasteiger partial charge is 0.315 e. The highest BCUT2D eigenvalue weighted by Gasteiger charge is 2.44. The maximum atomic E-state index is 13.4. The van der Waals surface area contributed by atoms with Crippen LogP contribution in [-0.2, 0) is 14.3 Å². The number of ether oxygens (including phenoxy) is 4. The van der Waals surface area contributed by atoms with Crippen molar-refractivity contribution in [1.82, 2.24) is 0 Å². The number of carbonyl (C=O) groups excluding carboxylic acids is 2. The molecule has 2 aromatic carbocycles. The van der Waals surface area contributed by atoms with E-state index in [1.165, 1.54) is 0 Å². The molecule has 4 rings (SSSR count). The summed E-state index contributed by atoms with van der Waals surface area (Å²) in [6, 6.07) is 12.9. The molecule has 1 heterocycles. The first kappa shape index (κ1) is 25.0. The number of nitrogens with zero attached hydrogens (tertiary/aromatic N) is 1. The second-order valence-corrected chi connectivity index (χ2v) is 9.26. The predicted molar refractivity (Wildman–Crippen MR) is 135 cm³/mol. The van der Waals surface area contributed by atoms with Crippen molar-refractivity contribution in [3.63, 3.8) is 0 Å². The van der Waals surface area contributed by atoms with Gasteiger partial charge in [0.25, 0.3) is 0 Å². The van der Waals surface area contributed by atoms with E-state index in [9.17, 15) is 9.59 Å². The molecule has 1 unspecified atom stereocenters. The fraction of sp³-hybridized carbons (Fsp3) is 0.370. The summed E-state index contributed by atoms with van der Waals surface area (Å²) < 4.78 is 22.9. The van der Waals surface area contributed by atoms with Crippen LogP contribution in [0.15, 0.2) is 63.2 Å². The van der Waals surface area contributed by atoms with Gasteiger partial charge in [0.2, 0.25) is 0 Å². The molecule has 35 heavy (non-hydrogen) atoms. The Morgan fingerprint density at radius 2 is 1.77 bits per heavy atom. The Labute approximate surface area is 213 Å². The molecule has 0 amide bonds. The van der Waals surface area contributed by atoms with E-state index in [1.807, 2.05) is 43.3 Å². The Kier molecular flexibility index (Phi) is 7.90. The van der Waals surface area contributed by atoms with E-state index >= 15 is 0 Å². The molecule has 2 atom stereocenters. The van der Waals surface area contributed by atoms with Gasteiger partial charge in [-0.2, -0.15) is 0 Å². The summed E-state index contributed by atoms with van der Waals surface area (Å²) in [5.74, 6) is 0.0342. The summed E-state index contributed by atoms with van der Waals surface area (Å²) >= 11 is 3.63. The zero-order valence-electron chi connectivity index (χ0n) is 20.0. The standard InChI is InChI=1S/C27H28BrNO6/c1-16-24(27(31)35-13-12-34-17-8-5-4-6-9-17)25(26-20(29-16)10-7-11-21(26)30)18-14-22(32-2)23(33-3)15-19(18)28/h4-6,8-9,14-15,24-25H,7,10-13H2,1-3H3/t24?,25-/m1/s1. The molecule has 2 aromatic rings. The molecule has 0 saturated heterocycles. The molecule has 184 valence electrons. The van der Waals surface area contributed by atoms with Crippen LogP contribution < -0.4 is 14.2 Å². The number of aliphatic imine (C=N–C) groups is 1. The van der Waals surface area contributed by atoms with Crippen molar-refractivity contribution in [2.24, 2.45) is 10.9 Å². The Bertz CT molecular complexity index is 1170. The number of benzene rings is 2. The Hall–Kier alpha value is -3.13. The highest BCUT2D eigenvalue weighted by atomic mass is 79.9. The molecular formula is C27H28BrNO6. The Morgan fingerprint density at radius 1 is 1.06 bits per heavy atom. The van der Waals surface area contributed by atoms with Crippen LogP contribution in [0.1, 0.15) is 37.7 Å². The number of allylic oxidation sites excluding steroid dienone is 2. The molecule has 1 aliphatic carbocycles. The molecule has 0 bridgehead atoms. The van der Waals surface area contributed by atoms with Crippen LogP contribution in [0.4, 0.5) is 0 Å². The minimum Gasteiger partial charge on any atom is -0.493 e. The van der Waals surface area contributed by atoms with Gasteiger partial charge in [-0.25, -0.2) is 0 Å². The summed E-state index contributed by atoms with van der Waals surface area (Å²) in [6.07, 6.45) is 1.88. The number of para-hydroxylation sites is 1. The van der Waals surface area contributed by atoms with Gasteiger partial charge in [-0.15, -0.1) is 0 Å². The number of halogens is 1. The van der Waals surface area contributed by atoms with Gasteiger partial charge in [0.1, 0.15) is 24.9 Å². The van der Waals surface area contributed by atoms with Crippen molar-refractivity contribution in [2.45, 2.75) is 32.1 Å². The molecule has 8 heteroatoms. The highest BCUT2D eigenvalue weighted by molar-refractivity contribution is 9.10. The second kappa shape index (κ2) is 11.1. The maximum absolute atomic E-state index is 13.4. The van der Waals surface area contributed by atoms with E-state index in [4.69, 9.17) is 18.9 Å². The summed E-state index contributed by atoms with van der Waals surface area (Å²) in [6.45, 7) is 2.12. The van der Waals surface area contributed by atoms with Crippen molar-refractivity contribution in [1.29, 1.82) is 0 Å². The average molecular weight is 542 g/mol. The largest absolute Gasteiger partial charge is 0.493 e. The van der Waals surface area contributed by atoms with E-state index in [0.717, 1.165) is 17.7 Å². The van der Waals surface area contributed by atoms with Crippen LogP contribution in [0.25, 0.3) is 0 Å². The molecule has 0 saturated carbocycles. The number of rotatable bonds is 8. The maximum Gasteiger partial charge on any atom is 0.315 e. The van der Waals surface area contributed by atoms with E-state index in [-0.39, 0.29) is 19.0 Å². The third-order valence-corrected chi connectivity index (χ3v) is 6.95. The number of hydrogen-bond acceptors (Lipinski definition) is 7. The van der Waals surface area contributed by atoms with Crippen LogP contribution in [0.2, 0.25) is 0 Å². The van der Waals surface area contributed by atoms with Crippen molar-refractivity contribution in [3.05, 3.63) is 63.8 Å². The quantitative estimate of drug-likeness (QED) is 0.334. The minimum absolute atomic E-state index is 0.0133. The number of carbonyl (C=O) groups is 2. The number of hydrogen-bond donors (Lipinski definition) is 0. The lowest BCUT2D eigenvalue weighted by atomic mass is 9.71. The van der Waals surface area contributed by atoms with Gasteiger partial charge in [-0.3, -0.25) is 14.6 Å². The Morgan fingerprint density at radius 3 is 2.49 bits per heavy atom. The molecule has 0 fully saturated rings. The molecule has 0 aromatic heterocycles. The van der Waals surface area contributed by atoms with Gasteiger partial charge in [-0.05, 0) is 49.6 Å². The first-order valence-electron chi connectivity index (χ1n) is 11.5. The first-order valence-corrected chi connectivity index (χ1v) is 12.3. The van der Waals surface area contributed by atoms with Gasteiger partial charge in [0, 0.05) is 33.8 Å². The zero-order valence-corrected chi connectivity index (χ0v) is 21.6. The minimum atomic E-state index is -0.748. The molecule has 7 nitrogen and oxygen atoms in total. The fourth-order valence-electron chi connectivity index (χ4n) is 4.66. The fourth-order valence-corrected chi connectivity index (χ4v) is 5.23. The predicted octanol–water partition coefficient (Wildman–Crippen LogP) is 5.27. The van der Waals surface area contributed by atoms with E-state index in [2.05, 4.69) is 20.9 Å². The van der Waals surface area contributed by atoms with Crippen LogP contribution in [0.3, 0.4) is 0 Å². The van der Waals surface area contributed by atoms with Gasteiger partial charge >= 0.3 is 5.97 Å². The van der Waals surface area contributed by atoms with Crippen molar-refractivity contribution in [2.75, 3.05) is 27.4 Å². The van der Waals surface area contributed by atoms with Crippen LogP contribution in [0.5, 0.6) is 17.2 Å². The van der Waals surface area contributed by atoms with Gasteiger partial charge in [0.15, 0.2) is 17.3 Å². The van der Waals surface area contributed by atoms with Gasteiger partial charge in [0.05, 0.1) is 14.2 Å². The molecular weight excluding hydrogens is 514 g/mol. The first-order chi connectivity index (χ1) is 16.9. The average Bonchev–Trinajstić information content (AvgIpc) is 2.86. The second-order valence-electron chi connectivity index (χ2n) is 8.40. The van der Waals surface area contributed by atoms with E-state index < -0.39 is 17.8 Å². The lowest BCUT2D eigenvalue weighted by Gasteiger charge is -2.35. The van der Waals surface area contributed by atoms with Crippen molar-refractivity contribution in [3.8, 4) is 17.2 Å². The summed E-state index contributed by atoms with van der Waals surface area (Å²) in [7, 11) is 3.11. The lowest BCUT2D eigenvalue weighted by Crippen LogP contribution is -2.37. The van der Waals surface area contributed by atoms with Crippen LogP contribution in [0, 0.1) is 5.92 Å². The zero-order chi connectivity index (χ0) is 24.9. The summed E-state index contributed by atoms with van der Waals surface area (Å²) in [5, 5.41) is 0. The number of methoxy groups -OCH3 is 2. The normalized spacial score (nSPS) is 19.5. The molecule has 0 spiro atoms. The van der Waals surface area contributed by atoms with Gasteiger partial charge < -0.3 is 18.9 Å². The summed E-state index contributed by atoms with van der Waals surface area (Å²) in [5.41, 5.74) is 2.71. The number of Topliss-reactive ketones (excluding diaryl/α,β-unsaturated/α-hetero) is 1. The van der Waals surface area contributed by atoms with Crippen molar-refractivity contribution >= 4 is 33.4 Å². The third-order valence-electron chi connectivity index (χ3n) is 6.27. The Balaban J connectivity index is 1.65. The monoisotopic (exact) mass is 541 g/mol. The van der Waals surface area contributed by atoms with Crippen molar-refractivity contribution < 1.29 is 28.5 Å². The summed E-state index contributed by atoms with van der Waals surface area (Å²) in [4.78, 5) is 31.2. The third kappa shape index (κ3) is 5.27. The highest BCUT2D eigenvalue weighted by Crippen LogP contribution is 2.47. The van der Waals surface area contributed by atoms with E-state index in [0.29, 0.717) is 45.8 Å². The molecule has 0 radical (unpaired) electrons. The van der Waals surface area contributed by atoms with Crippen LogP contribution >= 0.6 is 15.9 Å². The topological polar surface area (TPSA) is 83.4 Å².